The maximum atomic E-state index is 5.67. The van der Waals surface area contributed by atoms with Crippen LogP contribution in [0.25, 0.3) is 0 Å². The number of nitrogens with two attached hydrogens (primary N) is 1. The first-order valence-electron chi connectivity index (χ1n) is 4.25. The fourth-order valence-electron chi connectivity index (χ4n) is 1.76. The van der Waals surface area contributed by atoms with Crippen LogP contribution in [0.5, 0.6) is 0 Å². The molecule has 3 N–H and O–H groups in total. The van der Waals surface area contributed by atoms with Crippen molar-refractivity contribution in [3.63, 3.8) is 0 Å². The number of likely N-dealkylation sites (N-methyl/N-ethyl adjacent to an activating group) is 1. The average Bonchev–Trinajstić information content (AvgIpc) is 2.52. The average molecular weight is 166 g/mol. The molecule has 0 spiro atoms. The Hall–Kier alpha value is -0.870. The van der Waals surface area contributed by atoms with Gasteiger partial charge in [-0.2, -0.15) is 0 Å². The van der Waals surface area contributed by atoms with Gasteiger partial charge in [-0.1, -0.05) is 0 Å². The van der Waals surface area contributed by atoms with Crippen LogP contribution >= 0.6 is 0 Å². The molecule has 0 fully saturated rings. The normalized spacial score (nSPS) is 24.0. The van der Waals surface area contributed by atoms with Crippen LogP contribution in [0.4, 0.5) is 0 Å². The van der Waals surface area contributed by atoms with E-state index in [1.165, 1.54) is 5.69 Å². The van der Waals surface area contributed by atoms with Crippen molar-refractivity contribution in [2.45, 2.75) is 12.5 Å². The maximum Gasteiger partial charge on any atom is 0.0925 e. The highest BCUT2D eigenvalue weighted by atomic mass is 15.2. The molecule has 0 bridgehead atoms. The van der Waals surface area contributed by atoms with Gasteiger partial charge in [0.05, 0.1) is 18.1 Å². The predicted molar refractivity (Wildman–Crippen MR) is 46.7 cm³/mol. The summed E-state index contributed by atoms with van der Waals surface area (Å²) in [5.74, 6) is 0. The Morgan fingerprint density at radius 2 is 2.67 bits per heavy atom. The summed E-state index contributed by atoms with van der Waals surface area (Å²) in [6, 6.07) is 0.306. The molecule has 2 heterocycles. The van der Waals surface area contributed by atoms with Crippen LogP contribution in [0, 0.1) is 0 Å². The molecule has 12 heavy (non-hydrogen) atoms. The van der Waals surface area contributed by atoms with Gasteiger partial charge in [-0.25, -0.2) is 4.98 Å². The Balaban J connectivity index is 2.34. The summed E-state index contributed by atoms with van der Waals surface area (Å²) in [6.07, 6.45) is 2.81. The molecule has 1 unspecified atom stereocenters. The lowest BCUT2D eigenvalue weighted by Gasteiger charge is -2.30. The molecule has 0 aromatic carbocycles. The Labute approximate surface area is 71.8 Å². The zero-order valence-corrected chi connectivity index (χ0v) is 7.25. The first-order valence-corrected chi connectivity index (χ1v) is 4.25. The minimum atomic E-state index is 0.306. The number of fused-ring (bicyclic) bond motifs is 1. The lowest BCUT2D eigenvalue weighted by Crippen LogP contribution is -2.36. The van der Waals surface area contributed by atoms with Crippen LogP contribution in [0.1, 0.15) is 17.4 Å². The van der Waals surface area contributed by atoms with Crippen molar-refractivity contribution in [2.75, 3.05) is 20.1 Å². The molecular formula is C8H14N4. The predicted octanol–water partition coefficient (Wildman–Crippen LogP) is -0.103. The van der Waals surface area contributed by atoms with Crippen LogP contribution in [-0.4, -0.2) is 35.0 Å². The quantitative estimate of drug-likeness (QED) is 0.612. The summed E-state index contributed by atoms with van der Waals surface area (Å²) >= 11 is 0. The van der Waals surface area contributed by atoms with E-state index in [1.807, 2.05) is 0 Å². The molecule has 4 nitrogen and oxygen atoms in total. The zero-order chi connectivity index (χ0) is 8.55. The van der Waals surface area contributed by atoms with E-state index >= 15 is 0 Å². The second-order valence-corrected chi connectivity index (χ2v) is 3.25. The molecule has 1 aliphatic heterocycles. The number of aromatic nitrogens is 2. The van der Waals surface area contributed by atoms with Gasteiger partial charge in [-0.3, -0.25) is 4.90 Å². The standard InChI is InChI=1S/C8H14N4/c1-12-3-2-6-8(7(12)4-9)11-5-10-6/h5,7H,2-4,9H2,1H3,(H,10,11). The van der Waals surface area contributed by atoms with E-state index in [4.69, 9.17) is 5.73 Å². The molecule has 0 saturated heterocycles. The fraction of sp³-hybridized carbons (Fsp3) is 0.625. The van der Waals surface area contributed by atoms with E-state index in [0.717, 1.165) is 18.7 Å². The number of rotatable bonds is 1. The van der Waals surface area contributed by atoms with Crippen LogP contribution in [0.15, 0.2) is 6.33 Å². The van der Waals surface area contributed by atoms with Crippen molar-refractivity contribution in [3.05, 3.63) is 17.7 Å². The van der Waals surface area contributed by atoms with Crippen molar-refractivity contribution in [1.29, 1.82) is 0 Å². The van der Waals surface area contributed by atoms with Crippen LogP contribution in [0.3, 0.4) is 0 Å². The molecule has 4 heteroatoms. The van der Waals surface area contributed by atoms with E-state index in [-0.39, 0.29) is 0 Å². The Morgan fingerprint density at radius 1 is 1.83 bits per heavy atom. The van der Waals surface area contributed by atoms with Gasteiger partial charge in [-0.15, -0.1) is 0 Å². The first-order chi connectivity index (χ1) is 5.83. The molecule has 0 aliphatic carbocycles. The first kappa shape index (κ1) is 7.76. The summed E-state index contributed by atoms with van der Waals surface area (Å²) in [4.78, 5) is 9.68. The van der Waals surface area contributed by atoms with Crippen molar-refractivity contribution in [2.24, 2.45) is 5.73 Å². The van der Waals surface area contributed by atoms with Gasteiger partial charge >= 0.3 is 0 Å². The number of hydrogen-bond donors (Lipinski definition) is 2. The van der Waals surface area contributed by atoms with Gasteiger partial charge in [-0.05, 0) is 7.05 Å². The summed E-state index contributed by atoms with van der Waals surface area (Å²) in [5.41, 5.74) is 8.06. The molecule has 66 valence electrons. The Kier molecular flexibility index (Phi) is 1.86. The van der Waals surface area contributed by atoms with Gasteiger partial charge in [0.15, 0.2) is 0 Å². The van der Waals surface area contributed by atoms with E-state index in [1.54, 1.807) is 6.33 Å². The molecule has 2 rings (SSSR count). The van der Waals surface area contributed by atoms with Gasteiger partial charge in [0.25, 0.3) is 0 Å². The highest BCUT2D eigenvalue weighted by molar-refractivity contribution is 5.19. The highest BCUT2D eigenvalue weighted by Crippen LogP contribution is 2.24. The third kappa shape index (κ3) is 1.04. The number of nitrogens with zero attached hydrogens (tertiary/aromatic N) is 2. The molecule has 1 aliphatic rings. The summed E-state index contributed by atoms with van der Waals surface area (Å²) in [5, 5.41) is 0. The molecule has 1 aromatic rings. The minimum absolute atomic E-state index is 0.306. The molecule has 1 aromatic heterocycles. The number of hydrogen-bond acceptors (Lipinski definition) is 3. The maximum absolute atomic E-state index is 5.67. The lowest BCUT2D eigenvalue weighted by atomic mass is 10.0. The van der Waals surface area contributed by atoms with Crippen molar-refractivity contribution < 1.29 is 0 Å². The van der Waals surface area contributed by atoms with E-state index in [9.17, 15) is 0 Å². The number of imidazole rings is 1. The largest absolute Gasteiger partial charge is 0.348 e. The van der Waals surface area contributed by atoms with Crippen LogP contribution in [-0.2, 0) is 6.42 Å². The second-order valence-electron chi connectivity index (χ2n) is 3.25. The molecule has 0 saturated carbocycles. The number of aromatic amines is 1. The molecular weight excluding hydrogens is 152 g/mol. The number of nitrogens with one attached hydrogen (secondary N) is 1. The smallest absolute Gasteiger partial charge is 0.0925 e. The molecule has 1 atom stereocenters. The summed E-state index contributed by atoms with van der Waals surface area (Å²) < 4.78 is 0. The van der Waals surface area contributed by atoms with Gasteiger partial charge in [0.1, 0.15) is 0 Å². The summed E-state index contributed by atoms with van der Waals surface area (Å²) in [6.45, 7) is 1.71. The van der Waals surface area contributed by atoms with E-state index in [0.29, 0.717) is 12.6 Å². The SMILES string of the molecule is CN1CCc2[nH]cnc2C1CN. The Bertz CT molecular complexity index is 268. The topological polar surface area (TPSA) is 57.9 Å². The highest BCUT2D eigenvalue weighted by Gasteiger charge is 2.25. The van der Waals surface area contributed by atoms with Crippen LogP contribution in [0.2, 0.25) is 0 Å². The molecule has 0 amide bonds. The van der Waals surface area contributed by atoms with E-state index < -0.39 is 0 Å². The fourth-order valence-corrected chi connectivity index (χ4v) is 1.76. The van der Waals surface area contributed by atoms with Crippen molar-refractivity contribution >= 4 is 0 Å². The second kappa shape index (κ2) is 2.88. The number of H-pyrrole nitrogens is 1. The Morgan fingerprint density at radius 3 is 3.42 bits per heavy atom. The monoisotopic (exact) mass is 166 g/mol. The zero-order valence-electron chi connectivity index (χ0n) is 7.25. The third-order valence-electron chi connectivity index (χ3n) is 2.54. The lowest BCUT2D eigenvalue weighted by molar-refractivity contribution is 0.231. The van der Waals surface area contributed by atoms with Gasteiger partial charge in [0.2, 0.25) is 0 Å². The van der Waals surface area contributed by atoms with Gasteiger partial charge in [0, 0.05) is 25.2 Å². The summed E-state index contributed by atoms with van der Waals surface area (Å²) in [7, 11) is 2.09. The van der Waals surface area contributed by atoms with Crippen molar-refractivity contribution in [3.8, 4) is 0 Å². The van der Waals surface area contributed by atoms with Crippen LogP contribution < -0.4 is 5.73 Å². The third-order valence-corrected chi connectivity index (χ3v) is 2.54. The van der Waals surface area contributed by atoms with Gasteiger partial charge < -0.3 is 10.7 Å². The van der Waals surface area contributed by atoms with E-state index in [2.05, 4.69) is 21.9 Å². The minimum Gasteiger partial charge on any atom is -0.348 e. The molecule has 0 radical (unpaired) electrons. The van der Waals surface area contributed by atoms with Crippen molar-refractivity contribution in [1.82, 2.24) is 14.9 Å².